The molecule has 0 aliphatic carbocycles. The molecule has 0 saturated heterocycles. The number of phenols is 1. The van der Waals surface area contributed by atoms with Crippen LogP contribution in [0.15, 0.2) is 12.1 Å². The number of aryl methyl sites for hydroxylation is 2. The predicted molar refractivity (Wildman–Crippen MR) is 73.3 cm³/mol. The van der Waals surface area contributed by atoms with E-state index in [1.807, 2.05) is 13.8 Å². The number of phenolic OH excluding ortho intramolecular Hbond substituents is 1. The van der Waals surface area contributed by atoms with Crippen LogP contribution in [-0.4, -0.2) is 11.7 Å². The molecular weight excluding hydrogens is 210 g/mol. The van der Waals surface area contributed by atoms with Crippen LogP contribution in [0.3, 0.4) is 0 Å². The van der Waals surface area contributed by atoms with Gasteiger partial charge in [0.25, 0.3) is 0 Å². The highest BCUT2D eigenvalue weighted by Crippen LogP contribution is 2.22. The van der Waals surface area contributed by atoms with Crippen LogP contribution in [0.25, 0.3) is 0 Å². The van der Waals surface area contributed by atoms with Crippen LogP contribution in [0.4, 0.5) is 0 Å². The second kappa shape index (κ2) is 6.06. The third-order valence-corrected chi connectivity index (χ3v) is 3.48. The van der Waals surface area contributed by atoms with Crippen molar-refractivity contribution < 1.29 is 5.11 Å². The zero-order valence-electron chi connectivity index (χ0n) is 11.7. The fourth-order valence-corrected chi connectivity index (χ4v) is 1.83. The van der Waals surface area contributed by atoms with Crippen LogP contribution in [0, 0.1) is 25.7 Å². The monoisotopic (exact) mass is 235 g/mol. The van der Waals surface area contributed by atoms with E-state index in [2.05, 4.69) is 38.2 Å². The molecule has 96 valence electrons. The van der Waals surface area contributed by atoms with Gasteiger partial charge in [-0.25, -0.2) is 0 Å². The third kappa shape index (κ3) is 4.04. The summed E-state index contributed by atoms with van der Waals surface area (Å²) in [4.78, 5) is 0. The first-order valence-corrected chi connectivity index (χ1v) is 6.41. The Labute approximate surface area is 105 Å². The van der Waals surface area contributed by atoms with Crippen molar-refractivity contribution in [3.8, 4) is 5.75 Å². The zero-order chi connectivity index (χ0) is 13.0. The molecule has 1 atom stereocenters. The lowest BCUT2D eigenvalue weighted by Gasteiger charge is -2.16. The van der Waals surface area contributed by atoms with Crippen LogP contribution in [-0.2, 0) is 6.54 Å². The van der Waals surface area contributed by atoms with Crippen molar-refractivity contribution in [1.82, 2.24) is 5.32 Å². The van der Waals surface area contributed by atoms with Crippen molar-refractivity contribution in [2.24, 2.45) is 11.8 Å². The van der Waals surface area contributed by atoms with Crippen LogP contribution in [0.1, 0.15) is 37.5 Å². The van der Waals surface area contributed by atoms with Crippen molar-refractivity contribution in [3.63, 3.8) is 0 Å². The predicted octanol–water partition coefficient (Wildman–Crippen LogP) is 3.39. The zero-order valence-corrected chi connectivity index (χ0v) is 11.7. The molecule has 0 spiro atoms. The second-order valence-corrected chi connectivity index (χ2v) is 5.43. The first kappa shape index (κ1) is 14.0. The Hall–Kier alpha value is -1.02. The Morgan fingerprint density at radius 2 is 1.65 bits per heavy atom. The minimum atomic E-state index is 0.421. The molecular formula is C15H25NO. The highest BCUT2D eigenvalue weighted by atomic mass is 16.3. The van der Waals surface area contributed by atoms with E-state index in [1.165, 1.54) is 5.56 Å². The van der Waals surface area contributed by atoms with Gasteiger partial charge in [0.2, 0.25) is 0 Å². The average Bonchev–Trinajstić information content (AvgIpc) is 2.25. The van der Waals surface area contributed by atoms with Crippen molar-refractivity contribution >= 4 is 0 Å². The van der Waals surface area contributed by atoms with Gasteiger partial charge in [-0.05, 0) is 48.9 Å². The number of nitrogens with one attached hydrogen (secondary N) is 1. The van der Waals surface area contributed by atoms with E-state index in [9.17, 15) is 5.11 Å². The van der Waals surface area contributed by atoms with Gasteiger partial charge in [0.05, 0.1) is 0 Å². The molecule has 1 unspecified atom stereocenters. The van der Waals surface area contributed by atoms with E-state index in [4.69, 9.17) is 0 Å². The van der Waals surface area contributed by atoms with Gasteiger partial charge in [0.1, 0.15) is 5.75 Å². The Morgan fingerprint density at radius 3 is 2.12 bits per heavy atom. The highest BCUT2D eigenvalue weighted by molar-refractivity contribution is 5.42. The summed E-state index contributed by atoms with van der Waals surface area (Å²) in [6.07, 6.45) is 0. The summed E-state index contributed by atoms with van der Waals surface area (Å²) in [5.41, 5.74) is 3.16. The van der Waals surface area contributed by atoms with Crippen LogP contribution in [0.5, 0.6) is 5.75 Å². The number of benzene rings is 1. The van der Waals surface area contributed by atoms with Gasteiger partial charge in [-0.1, -0.05) is 32.9 Å². The summed E-state index contributed by atoms with van der Waals surface area (Å²) in [6, 6.07) is 4.10. The van der Waals surface area contributed by atoms with Gasteiger partial charge in [-0.15, -0.1) is 0 Å². The fraction of sp³-hybridized carbons (Fsp3) is 0.600. The quantitative estimate of drug-likeness (QED) is 0.820. The summed E-state index contributed by atoms with van der Waals surface area (Å²) in [5.74, 6) is 1.82. The minimum Gasteiger partial charge on any atom is -0.507 e. The topological polar surface area (TPSA) is 32.3 Å². The fourth-order valence-electron chi connectivity index (χ4n) is 1.83. The number of aromatic hydroxyl groups is 1. The summed E-state index contributed by atoms with van der Waals surface area (Å²) >= 11 is 0. The van der Waals surface area contributed by atoms with E-state index in [0.29, 0.717) is 17.6 Å². The lowest BCUT2D eigenvalue weighted by molar-refractivity contribution is 0.392. The van der Waals surface area contributed by atoms with Crippen LogP contribution in [0.2, 0.25) is 0 Å². The summed E-state index contributed by atoms with van der Waals surface area (Å²) in [6.45, 7) is 12.6. The molecule has 17 heavy (non-hydrogen) atoms. The second-order valence-electron chi connectivity index (χ2n) is 5.43. The van der Waals surface area contributed by atoms with Crippen molar-refractivity contribution in [1.29, 1.82) is 0 Å². The number of hydrogen-bond acceptors (Lipinski definition) is 2. The molecule has 0 aromatic heterocycles. The standard InChI is InChI=1S/C15H25NO/c1-10(2)13(5)8-16-9-14-6-11(3)15(17)12(4)7-14/h6-7,10,13,16-17H,8-9H2,1-5H3. The van der Waals surface area contributed by atoms with E-state index >= 15 is 0 Å². The summed E-state index contributed by atoms with van der Waals surface area (Å²) in [5, 5.41) is 13.2. The molecule has 0 aliphatic heterocycles. The molecule has 1 rings (SSSR count). The lowest BCUT2D eigenvalue weighted by Crippen LogP contribution is -2.23. The van der Waals surface area contributed by atoms with Crippen molar-refractivity contribution in [3.05, 3.63) is 28.8 Å². The van der Waals surface area contributed by atoms with Gasteiger partial charge in [-0.2, -0.15) is 0 Å². The summed E-state index contributed by atoms with van der Waals surface area (Å²) < 4.78 is 0. The molecule has 2 heteroatoms. The van der Waals surface area contributed by atoms with Crippen LogP contribution >= 0.6 is 0 Å². The lowest BCUT2D eigenvalue weighted by atomic mass is 9.98. The maximum Gasteiger partial charge on any atom is 0.121 e. The Morgan fingerprint density at radius 1 is 1.12 bits per heavy atom. The Balaban J connectivity index is 2.53. The molecule has 0 aliphatic rings. The largest absolute Gasteiger partial charge is 0.507 e. The van der Waals surface area contributed by atoms with E-state index in [-0.39, 0.29) is 0 Å². The van der Waals surface area contributed by atoms with Gasteiger partial charge in [0, 0.05) is 6.54 Å². The number of rotatable bonds is 5. The first-order valence-electron chi connectivity index (χ1n) is 6.41. The Kier molecular flexibility index (Phi) is 5.01. The maximum absolute atomic E-state index is 9.70. The molecule has 0 amide bonds. The van der Waals surface area contributed by atoms with E-state index in [1.54, 1.807) is 0 Å². The molecule has 0 fully saturated rings. The van der Waals surface area contributed by atoms with E-state index < -0.39 is 0 Å². The Bertz CT molecular complexity index is 348. The molecule has 0 heterocycles. The molecule has 1 aromatic rings. The van der Waals surface area contributed by atoms with Crippen LogP contribution < -0.4 is 5.32 Å². The van der Waals surface area contributed by atoms with Gasteiger partial charge in [0.15, 0.2) is 0 Å². The van der Waals surface area contributed by atoms with E-state index in [0.717, 1.165) is 24.2 Å². The molecule has 0 saturated carbocycles. The van der Waals surface area contributed by atoms with Gasteiger partial charge in [-0.3, -0.25) is 0 Å². The van der Waals surface area contributed by atoms with Crippen molar-refractivity contribution in [2.45, 2.75) is 41.2 Å². The molecule has 0 bridgehead atoms. The van der Waals surface area contributed by atoms with Gasteiger partial charge >= 0.3 is 0 Å². The van der Waals surface area contributed by atoms with Crippen molar-refractivity contribution in [2.75, 3.05) is 6.54 Å². The SMILES string of the molecule is Cc1cc(CNCC(C)C(C)C)cc(C)c1O. The van der Waals surface area contributed by atoms with Gasteiger partial charge < -0.3 is 10.4 Å². The maximum atomic E-state index is 9.70. The third-order valence-electron chi connectivity index (χ3n) is 3.48. The number of hydrogen-bond donors (Lipinski definition) is 2. The summed E-state index contributed by atoms with van der Waals surface area (Å²) in [7, 11) is 0. The smallest absolute Gasteiger partial charge is 0.121 e. The normalized spacial score (nSPS) is 13.1. The molecule has 1 aromatic carbocycles. The average molecular weight is 235 g/mol. The molecule has 2 nitrogen and oxygen atoms in total. The molecule has 2 N–H and O–H groups in total. The minimum absolute atomic E-state index is 0.421. The first-order chi connectivity index (χ1) is 7.91. The molecule has 0 radical (unpaired) electrons. The highest BCUT2D eigenvalue weighted by Gasteiger charge is 2.07.